The average Bonchev–Trinajstić information content (AvgIpc) is 3.51. The number of rotatable bonds is 6. The van der Waals surface area contributed by atoms with Crippen molar-refractivity contribution in [1.29, 1.82) is 0 Å². The number of hydrogen-bond acceptors (Lipinski definition) is 7. The number of fused-ring (bicyclic) bond motifs is 1. The van der Waals surface area contributed by atoms with Crippen LogP contribution in [0.1, 0.15) is 44.6 Å². The minimum Gasteiger partial charge on any atom is -0.493 e. The van der Waals surface area contributed by atoms with E-state index < -0.39 is 11.6 Å². The van der Waals surface area contributed by atoms with E-state index in [9.17, 15) is 13.9 Å². The van der Waals surface area contributed by atoms with Crippen LogP contribution in [0, 0.1) is 11.6 Å². The second-order valence-corrected chi connectivity index (χ2v) is 8.20. The number of aliphatic hydroxyl groups is 1. The molecule has 2 fully saturated rings. The van der Waals surface area contributed by atoms with Crippen LogP contribution in [0.15, 0.2) is 18.5 Å². The molecule has 2 aliphatic rings. The zero-order chi connectivity index (χ0) is 21.5. The third-order valence-electron chi connectivity index (χ3n) is 5.87. The maximum absolute atomic E-state index is 14.0. The number of aliphatic hydroxyl groups excluding tert-OH is 1. The Morgan fingerprint density at radius 3 is 2.58 bits per heavy atom. The Bertz CT molecular complexity index is 1110. The lowest BCUT2D eigenvalue weighted by molar-refractivity contribution is 0.126. The zero-order valence-corrected chi connectivity index (χ0v) is 17.1. The smallest absolute Gasteiger partial charge is 0.227 e. The largest absolute Gasteiger partial charge is 0.493 e. The summed E-state index contributed by atoms with van der Waals surface area (Å²) in [7, 11) is 1.28. The van der Waals surface area contributed by atoms with Crippen molar-refractivity contribution in [3.63, 3.8) is 0 Å². The maximum atomic E-state index is 14.0. The minimum absolute atomic E-state index is 0.161. The molecule has 10 heteroatoms. The van der Waals surface area contributed by atoms with E-state index in [1.54, 1.807) is 6.33 Å². The van der Waals surface area contributed by atoms with Gasteiger partial charge in [-0.05, 0) is 38.5 Å². The monoisotopic (exact) mass is 430 g/mol. The first kappa shape index (κ1) is 19.9. The Morgan fingerprint density at radius 2 is 1.87 bits per heavy atom. The molecule has 5 rings (SSSR count). The molecule has 164 valence electrons. The molecule has 0 bridgehead atoms. The molecule has 1 aromatic carbocycles. The van der Waals surface area contributed by atoms with E-state index in [-0.39, 0.29) is 17.9 Å². The van der Waals surface area contributed by atoms with Crippen molar-refractivity contribution in [3.05, 3.63) is 30.1 Å². The molecule has 2 aliphatic carbocycles. The van der Waals surface area contributed by atoms with Crippen molar-refractivity contribution in [1.82, 2.24) is 19.5 Å². The van der Waals surface area contributed by atoms with Gasteiger partial charge in [-0.3, -0.25) is 0 Å². The van der Waals surface area contributed by atoms with E-state index in [2.05, 4.69) is 20.6 Å². The second-order valence-electron chi connectivity index (χ2n) is 8.20. The van der Waals surface area contributed by atoms with Gasteiger partial charge >= 0.3 is 0 Å². The summed E-state index contributed by atoms with van der Waals surface area (Å²) in [5.41, 5.74) is 1.54. The molecular formula is C21H24F2N6O2. The molecule has 2 heterocycles. The van der Waals surface area contributed by atoms with E-state index in [0.29, 0.717) is 34.7 Å². The number of halogens is 2. The predicted octanol–water partition coefficient (Wildman–Crippen LogP) is 3.91. The quantitative estimate of drug-likeness (QED) is 0.546. The fourth-order valence-corrected chi connectivity index (χ4v) is 4.01. The summed E-state index contributed by atoms with van der Waals surface area (Å²) < 4.78 is 34.8. The summed E-state index contributed by atoms with van der Waals surface area (Å²) in [6.07, 6.45) is 6.76. The number of anilines is 3. The molecule has 0 aliphatic heterocycles. The summed E-state index contributed by atoms with van der Waals surface area (Å²) in [5.74, 6) is -1.42. The Kier molecular flexibility index (Phi) is 5.09. The first-order chi connectivity index (χ1) is 15.0. The second kappa shape index (κ2) is 7.92. The lowest BCUT2D eigenvalue weighted by atomic mass is 9.93. The summed E-state index contributed by atoms with van der Waals surface area (Å²) in [5, 5.41) is 16.2. The standard InChI is InChI=1S/C21H24F2N6O2/c1-31-16-9-12(8-15(22)17(16)23)25-19-18-20(29(10-24-18)13-4-5-13)28-21(27-19)26-11-2-6-14(30)7-3-11/h8-11,13-14,30H,2-7H2,1H3,(H2,25,26,27,28). The molecule has 0 spiro atoms. The summed E-state index contributed by atoms with van der Waals surface area (Å²) in [6.45, 7) is 0. The van der Waals surface area contributed by atoms with Gasteiger partial charge in [0.1, 0.15) is 0 Å². The van der Waals surface area contributed by atoms with Crippen LogP contribution in [0.5, 0.6) is 5.75 Å². The lowest BCUT2D eigenvalue weighted by Gasteiger charge is -2.26. The van der Waals surface area contributed by atoms with E-state index in [1.165, 1.54) is 13.2 Å². The first-order valence-corrected chi connectivity index (χ1v) is 10.5. The van der Waals surface area contributed by atoms with Crippen molar-refractivity contribution >= 4 is 28.6 Å². The molecule has 2 aromatic heterocycles. The number of imidazole rings is 1. The van der Waals surface area contributed by atoms with Gasteiger partial charge in [0.2, 0.25) is 11.8 Å². The number of benzene rings is 1. The number of hydrogen-bond donors (Lipinski definition) is 3. The molecule has 3 N–H and O–H groups in total. The Balaban J connectivity index is 1.51. The van der Waals surface area contributed by atoms with Gasteiger partial charge in [-0.15, -0.1) is 0 Å². The topological polar surface area (TPSA) is 97.1 Å². The fraction of sp³-hybridized carbons (Fsp3) is 0.476. The lowest BCUT2D eigenvalue weighted by Crippen LogP contribution is -2.29. The molecule has 2 saturated carbocycles. The van der Waals surface area contributed by atoms with Gasteiger partial charge in [0.15, 0.2) is 28.5 Å². The Morgan fingerprint density at radius 1 is 1.10 bits per heavy atom. The van der Waals surface area contributed by atoms with Gasteiger partial charge in [0, 0.05) is 29.9 Å². The number of methoxy groups -OCH3 is 1. The van der Waals surface area contributed by atoms with Crippen LogP contribution >= 0.6 is 0 Å². The highest BCUT2D eigenvalue weighted by molar-refractivity contribution is 5.87. The van der Waals surface area contributed by atoms with Crippen LogP contribution in [0.25, 0.3) is 11.2 Å². The highest BCUT2D eigenvalue weighted by Crippen LogP contribution is 2.38. The van der Waals surface area contributed by atoms with Crippen LogP contribution in [0.3, 0.4) is 0 Å². The number of nitrogens with zero attached hydrogens (tertiary/aromatic N) is 4. The molecular weight excluding hydrogens is 406 g/mol. The predicted molar refractivity (Wildman–Crippen MR) is 112 cm³/mol. The van der Waals surface area contributed by atoms with Crippen LogP contribution in [-0.4, -0.2) is 43.9 Å². The van der Waals surface area contributed by atoms with Crippen LogP contribution < -0.4 is 15.4 Å². The van der Waals surface area contributed by atoms with E-state index in [4.69, 9.17) is 9.72 Å². The Labute approximate surface area is 177 Å². The number of aromatic nitrogens is 4. The van der Waals surface area contributed by atoms with Crippen molar-refractivity contribution in [2.45, 2.75) is 56.7 Å². The van der Waals surface area contributed by atoms with Crippen LogP contribution in [0.2, 0.25) is 0 Å². The molecule has 31 heavy (non-hydrogen) atoms. The van der Waals surface area contributed by atoms with Crippen LogP contribution in [-0.2, 0) is 0 Å². The third kappa shape index (κ3) is 3.99. The SMILES string of the molecule is COc1cc(Nc2nc(NC3CCC(O)CC3)nc3c2ncn3C2CC2)cc(F)c1F. The fourth-order valence-electron chi connectivity index (χ4n) is 4.01. The van der Waals surface area contributed by atoms with Gasteiger partial charge in [-0.2, -0.15) is 14.4 Å². The molecule has 0 amide bonds. The van der Waals surface area contributed by atoms with Crippen LogP contribution in [0.4, 0.5) is 26.2 Å². The van der Waals surface area contributed by atoms with E-state index >= 15 is 0 Å². The molecule has 3 aromatic rings. The normalized spacial score (nSPS) is 21.3. The summed E-state index contributed by atoms with van der Waals surface area (Å²) in [6, 6.07) is 2.96. The van der Waals surface area contributed by atoms with Gasteiger partial charge < -0.3 is 25.0 Å². The first-order valence-electron chi connectivity index (χ1n) is 10.5. The minimum atomic E-state index is -1.04. The number of ether oxygens (including phenoxy) is 1. The molecule has 8 nitrogen and oxygen atoms in total. The van der Waals surface area contributed by atoms with Gasteiger partial charge in [0.25, 0.3) is 0 Å². The van der Waals surface area contributed by atoms with Gasteiger partial charge in [-0.25, -0.2) is 9.37 Å². The average molecular weight is 430 g/mol. The summed E-state index contributed by atoms with van der Waals surface area (Å²) in [4.78, 5) is 13.7. The van der Waals surface area contributed by atoms with Crippen molar-refractivity contribution in [3.8, 4) is 5.75 Å². The molecule has 0 unspecified atom stereocenters. The maximum Gasteiger partial charge on any atom is 0.227 e. The Hall–Kier alpha value is -3.01. The van der Waals surface area contributed by atoms with Crippen molar-refractivity contribution < 1.29 is 18.6 Å². The molecule has 0 saturated heterocycles. The molecule has 0 radical (unpaired) electrons. The highest BCUT2D eigenvalue weighted by Gasteiger charge is 2.28. The number of nitrogens with one attached hydrogen (secondary N) is 2. The van der Waals surface area contributed by atoms with Gasteiger partial charge in [-0.1, -0.05) is 0 Å². The van der Waals surface area contributed by atoms with Crippen molar-refractivity contribution in [2.24, 2.45) is 0 Å². The third-order valence-corrected chi connectivity index (χ3v) is 5.87. The molecule has 0 atom stereocenters. The highest BCUT2D eigenvalue weighted by atomic mass is 19.2. The zero-order valence-electron chi connectivity index (χ0n) is 17.1. The van der Waals surface area contributed by atoms with Gasteiger partial charge in [0.05, 0.1) is 19.5 Å². The van der Waals surface area contributed by atoms with Crippen molar-refractivity contribution in [2.75, 3.05) is 17.7 Å². The summed E-state index contributed by atoms with van der Waals surface area (Å²) >= 11 is 0. The van der Waals surface area contributed by atoms with E-state index in [1.807, 2.05) is 4.57 Å². The van der Waals surface area contributed by atoms with E-state index in [0.717, 1.165) is 44.6 Å².